The summed E-state index contributed by atoms with van der Waals surface area (Å²) in [5.41, 5.74) is -0.281. The van der Waals surface area contributed by atoms with Crippen LogP contribution < -0.4 is 10.9 Å². The molecule has 1 amide bonds. The second-order valence-corrected chi connectivity index (χ2v) is 7.71. The maximum Gasteiger partial charge on any atom is 0.695 e. The Morgan fingerprint density at radius 2 is 2.25 bits per heavy atom. The van der Waals surface area contributed by atoms with Crippen molar-refractivity contribution in [3.8, 4) is 0 Å². The normalized spacial score (nSPS) is 25.4. The number of ether oxygens (including phenoxy) is 1. The number of carbonyl (C=O) groups is 1. The molecule has 0 aliphatic carbocycles. The number of fused-ring (bicyclic) bond motifs is 1. The number of H-pyrrole nitrogens is 1. The third kappa shape index (κ3) is 3.83. The Bertz CT molecular complexity index is 957. The molecule has 1 unspecified atom stereocenters. The molecule has 152 valence electrons. The Balaban J connectivity index is 2.04. The van der Waals surface area contributed by atoms with E-state index in [0.717, 1.165) is 0 Å². The number of nitrogens with one attached hydrogen (secondary N) is 2. The van der Waals surface area contributed by atoms with E-state index in [-0.39, 0.29) is 41.0 Å². The first-order valence-electron chi connectivity index (χ1n) is 8.99. The van der Waals surface area contributed by atoms with Gasteiger partial charge in [0.15, 0.2) is 23.5 Å². The summed E-state index contributed by atoms with van der Waals surface area (Å²) in [4.78, 5) is 44.4. The summed E-state index contributed by atoms with van der Waals surface area (Å²) in [6, 6.07) is 0. The van der Waals surface area contributed by atoms with Crippen molar-refractivity contribution in [2.45, 2.75) is 52.6 Å². The summed E-state index contributed by atoms with van der Waals surface area (Å²) < 4.78 is 24.0. The van der Waals surface area contributed by atoms with E-state index in [1.54, 1.807) is 13.8 Å². The molecule has 1 aliphatic rings. The summed E-state index contributed by atoms with van der Waals surface area (Å²) in [5.74, 6) is -0.778. The molecule has 3 rings (SSSR count). The number of hydrogen-bond acceptors (Lipinski definition) is 7. The van der Waals surface area contributed by atoms with Gasteiger partial charge in [-0.3, -0.25) is 24.5 Å². The Labute approximate surface area is 161 Å². The van der Waals surface area contributed by atoms with Gasteiger partial charge in [0.1, 0.15) is 0 Å². The molecule has 2 aromatic rings. The second-order valence-electron chi connectivity index (χ2n) is 7.02. The zero-order valence-electron chi connectivity index (χ0n) is 15.9. The van der Waals surface area contributed by atoms with Gasteiger partial charge < -0.3 is 4.74 Å². The van der Waals surface area contributed by atoms with Crippen LogP contribution in [-0.4, -0.2) is 42.5 Å². The zero-order chi connectivity index (χ0) is 20.6. The van der Waals surface area contributed by atoms with Gasteiger partial charge in [0, 0.05) is 16.4 Å². The van der Waals surface area contributed by atoms with E-state index < -0.39 is 26.1 Å². The number of rotatable bonds is 6. The molecule has 1 fully saturated rings. The van der Waals surface area contributed by atoms with E-state index >= 15 is 0 Å². The predicted octanol–water partition coefficient (Wildman–Crippen LogP) is 1.69. The topological polar surface area (TPSA) is 148 Å². The highest BCUT2D eigenvalue weighted by Gasteiger charge is 2.48. The van der Waals surface area contributed by atoms with Gasteiger partial charge in [0.25, 0.3) is 5.56 Å². The third-order valence-electron chi connectivity index (χ3n) is 4.79. The van der Waals surface area contributed by atoms with Crippen molar-refractivity contribution in [1.29, 1.82) is 0 Å². The van der Waals surface area contributed by atoms with Crippen LogP contribution in [-0.2, 0) is 18.6 Å². The smallest absolute Gasteiger partial charge is 0.351 e. The van der Waals surface area contributed by atoms with Crippen LogP contribution in [0, 0.1) is 11.8 Å². The fraction of sp³-hybridized carbons (Fsp3) is 0.625. The molecule has 0 bridgehead atoms. The molecule has 0 spiro atoms. The molecule has 12 heteroatoms. The SMILES string of the molecule is CC[C@H]1O[C@@H](n2cnc3c(=O)[nH]c(NC(=O)C(C)C)nc32)[C@H](O[P+](=O)O)[C@@H]1C. The van der Waals surface area contributed by atoms with Crippen molar-refractivity contribution < 1.29 is 23.5 Å². The van der Waals surface area contributed by atoms with Crippen LogP contribution in [0.3, 0.4) is 0 Å². The first-order chi connectivity index (χ1) is 13.2. The third-order valence-corrected chi connectivity index (χ3v) is 5.21. The van der Waals surface area contributed by atoms with Gasteiger partial charge >= 0.3 is 8.25 Å². The van der Waals surface area contributed by atoms with Crippen molar-refractivity contribution in [1.82, 2.24) is 19.5 Å². The van der Waals surface area contributed by atoms with Crippen LogP contribution in [0.1, 0.15) is 40.3 Å². The van der Waals surface area contributed by atoms with Gasteiger partial charge in [-0.25, -0.2) is 4.98 Å². The molecule has 28 heavy (non-hydrogen) atoms. The number of aromatic amines is 1. The van der Waals surface area contributed by atoms with E-state index in [4.69, 9.17) is 9.26 Å². The summed E-state index contributed by atoms with van der Waals surface area (Å²) in [5, 5.41) is 2.55. The van der Waals surface area contributed by atoms with Gasteiger partial charge in [-0.15, -0.1) is 9.42 Å². The van der Waals surface area contributed by atoms with Crippen molar-refractivity contribution in [3.63, 3.8) is 0 Å². The van der Waals surface area contributed by atoms with Gasteiger partial charge in [-0.05, 0) is 6.42 Å². The number of hydrogen-bond donors (Lipinski definition) is 3. The van der Waals surface area contributed by atoms with E-state index in [1.807, 2.05) is 13.8 Å². The predicted molar refractivity (Wildman–Crippen MR) is 99.7 cm³/mol. The molecule has 0 saturated carbocycles. The average Bonchev–Trinajstić information content (AvgIpc) is 3.16. The lowest BCUT2D eigenvalue weighted by Gasteiger charge is -2.17. The Kier molecular flexibility index (Phi) is 5.90. The van der Waals surface area contributed by atoms with Crippen molar-refractivity contribution in [2.75, 3.05) is 5.32 Å². The largest absolute Gasteiger partial charge is 0.695 e. The molecule has 2 aromatic heterocycles. The lowest BCUT2D eigenvalue weighted by molar-refractivity contribution is -0.118. The molecule has 5 atom stereocenters. The van der Waals surface area contributed by atoms with Gasteiger partial charge in [-0.2, -0.15) is 4.98 Å². The highest BCUT2D eigenvalue weighted by atomic mass is 31.1. The Morgan fingerprint density at radius 3 is 2.86 bits per heavy atom. The number of carbonyl (C=O) groups excluding carboxylic acids is 1. The number of nitrogens with zero attached hydrogens (tertiary/aromatic N) is 3. The standard InChI is InChI=1S/C16H22N5O6P/c1-5-9-8(4)11(27-28(24)25)15(26-9)21-6-17-10-12(21)18-16(20-14(10)23)19-13(22)7(2)3/h6-9,11,15H,5H2,1-4H3,(H2-,18,19,20,22,23,24,25)/p+1/t8-,9-,11-,15-/m1/s1. The second kappa shape index (κ2) is 8.04. The minimum Gasteiger partial charge on any atom is -0.351 e. The van der Waals surface area contributed by atoms with E-state index in [9.17, 15) is 19.0 Å². The molecule has 3 heterocycles. The molecule has 3 N–H and O–H groups in total. The maximum absolute atomic E-state index is 12.3. The van der Waals surface area contributed by atoms with Crippen molar-refractivity contribution >= 4 is 31.3 Å². The van der Waals surface area contributed by atoms with E-state index in [1.165, 1.54) is 10.9 Å². The molecule has 1 aliphatic heterocycles. The number of aromatic nitrogens is 4. The minimum absolute atomic E-state index is 0.0123. The van der Waals surface area contributed by atoms with Gasteiger partial charge in [-0.1, -0.05) is 27.7 Å². The van der Waals surface area contributed by atoms with Gasteiger partial charge in [0.2, 0.25) is 11.9 Å². The van der Waals surface area contributed by atoms with Crippen molar-refractivity contribution in [3.05, 3.63) is 16.7 Å². The fourth-order valence-electron chi connectivity index (χ4n) is 3.23. The van der Waals surface area contributed by atoms with Crippen LogP contribution in [0.4, 0.5) is 5.95 Å². The molecule has 11 nitrogen and oxygen atoms in total. The first kappa shape index (κ1) is 20.5. The fourth-order valence-corrected chi connectivity index (χ4v) is 3.73. The maximum atomic E-state index is 12.3. The Hall–Kier alpha value is -2.20. The van der Waals surface area contributed by atoms with E-state index in [2.05, 4.69) is 20.3 Å². The van der Waals surface area contributed by atoms with Crippen LogP contribution in [0.5, 0.6) is 0 Å². The zero-order valence-corrected chi connectivity index (χ0v) is 16.8. The van der Waals surface area contributed by atoms with Crippen molar-refractivity contribution in [2.24, 2.45) is 11.8 Å². The minimum atomic E-state index is -2.85. The summed E-state index contributed by atoms with van der Waals surface area (Å²) >= 11 is 0. The quantitative estimate of drug-likeness (QED) is 0.607. The molecule has 0 radical (unpaired) electrons. The average molecular weight is 412 g/mol. The molecule has 0 aromatic carbocycles. The number of amides is 1. The number of imidazole rings is 1. The monoisotopic (exact) mass is 412 g/mol. The first-order valence-corrected chi connectivity index (χ1v) is 10.1. The summed E-state index contributed by atoms with van der Waals surface area (Å²) in [6.07, 6.45) is 0.321. The summed E-state index contributed by atoms with van der Waals surface area (Å²) in [7, 11) is -2.85. The van der Waals surface area contributed by atoms with Gasteiger partial charge in [0.05, 0.1) is 12.4 Å². The lowest BCUT2D eigenvalue weighted by atomic mass is 9.99. The van der Waals surface area contributed by atoms with Crippen LogP contribution >= 0.6 is 8.25 Å². The van der Waals surface area contributed by atoms with Crippen LogP contribution in [0.25, 0.3) is 11.2 Å². The van der Waals surface area contributed by atoms with E-state index in [0.29, 0.717) is 6.42 Å². The highest BCUT2D eigenvalue weighted by molar-refractivity contribution is 7.32. The summed E-state index contributed by atoms with van der Waals surface area (Å²) in [6.45, 7) is 7.24. The lowest BCUT2D eigenvalue weighted by Crippen LogP contribution is -2.26. The highest BCUT2D eigenvalue weighted by Crippen LogP contribution is 2.41. The number of anilines is 1. The Morgan fingerprint density at radius 1 is 1.54 bits per heavy atom. The molecular formula is C16H23N5O6P+. The van der Waals surface area contributed by atoms with Crippen LogP contribution in [0.2, 0.25) is 0 Å². The van der Waals surface area contributed by atoms with Crippen LogP contribution in [0.15, 0.2) is 11.1 Å². The molecule has 1 saturated heterocycles. The molecular weight excluding hydrogens is 389 g/mol.